The van der Waals surface area contributed by atoms with E-state index in [1.165, 1.54) is 12.0 Å². The van der Waals surface area contributed by atoms with Crippen molar-refractivity contribution in [1.29, 1.82) is 0 Å². The molecule has 76 valence electrons. The first-order valence-corrected chi connectivity index (χ1v) is 5.56. The molecule has 1 saturated carbocycles. The van der Waals surface area contributed by atoms with E-state index < -0.39 is 0 Å². The van der Waals surface area contributed by atoms with Gasteiger partial charge in [0, 0.05) is 5.41 Å². The van der Waals surface area contributed by atoms with Gasteiger partial charge in [0.15, 0.2) is 0 Å². The first-order valence-electron chi connectivity index (χ1n) is 5.56. The van der Waals surface area contributed by atoms with Crippen molar-refractivity contribution in [2.24, 2.45) is 11.3 Å². The Bertz CT molecular complexity index is 321. The van der Waals surface area contributed by atoms with Crippen molar-refractivity contribution in [1.82, 2.24) is 0 Å². The molecule has 0 aromatic heterocycles. The maximum atomic E-state index is 2.39. The van der Waals surface area contributed by atoms with Gasteiger partial charge < -0.3 is 0 Å². The zero-order valence-electron chi connectivity index (χ0n) is 9.67. The summed E-state index contributed by atoms with van der Waals surface area (Å²) in [7, 11) is 0. The van der Waals surface area contributed by atoms with Gasteiger partial charge in [0.05, 0.1) is 0 Å². The summed E-state index contributed by atoms with van der Waals surface area (Å²) >= 11 is 0. The number of benzene rings is 1. The fraction of sp³-hybridized carbons (Fsp3) is 0.571. The molecule has 1 aliphatic rings. The lowest BCUT2D eigenvalue weighted by Crippen LogP contribution is -2.21. The van der Waals surface area contributed by atoms with Crippen LogP contribution in [-0.2, 0) is 5.41 Å². The first-order chi connectivity index (χ1) is 6.51. The molecule has 0 radical (unpaired) electrons. The Balaban J connectivity index is 2.42. The molecular formula is C14H20. The Hall–Kier alpha value is -0.780. The molecule has 1 aromatic carbocycles. The van der Waals surface area contributed by atoms with Crippen molar-refractivity contribution in [3.05, 3.63) is 35.9 Å². The molecule has 0 spiro atoms. The summed E-state index contributed by atoms with van der Waals surface area (Å²) in [5, 5.41) is 0. The highest BCUT2D eigenvalue weighted by Gasteiger charge is 2.63. The first kappa shape index (κ1) is 9.76. The van der Waals surface area contributed by atoms with Crippen LogP contribution in [0.1, 0.15) is 39.7 Å². The SMILES string of the molecule is CC(C)C1(c2ccccc2)CC1(C)C. The second-order valence-corrected chi connectivity index (χ2v) is 5.55. The quantitative estimate of drug-likeness (QED) is 0.658. The van der Waals surface area contributed by atoms with Crippen molar-refractivity contribution in [2.45, 2.75) is 39.5 Å². The highest BCUT2D eigenvalue weighted by molar-refractivity contribution is 5.37. The van der Waals surface area contributed by atoms with Gasteiger partial charge in [-0.2, -0.15) is 0 Å². The Kier molecular flexibility index (Phi) is 1.99. The third-order valence-electron chi connectivity index (χ3n) is 4.08. The van der Waals surface area contributed by atoms with Crippen LogP contribution >= 0.6 is 0 Å². The van der Waals surface area contributed by atoms with E-state index >= 15 is 0 Å². The predicted molar refractivity (Wildman–Crippen MR) is 61.4 cm³/mol. The number of rotatable bonds is 2. The van der Waals surface area contributed by atoms with Crippen molar-refractivity contribution >= 4 is 0 Å². The molecule has 1 unspecified atom stereocenters. The second-order valence-electron chi connectivity index (χ2n) is 5.55. The maximum Gasteiger partial charge on any atom is 0.00328 e. The smallest absolute Gasteiger partial charge is 0.00328 e. The minimum Gasteiger partial charge on any atom is -0.0622 e. The van der Waals surface area contributed by atoms with E-state index in [1.54, 1.807) is 0 Å². The van der Waals surface area contributed by atoms with E-state index in [-0.39, 0.29) is 0 Å². The van der Waals surface area contributed by atoms with Gasteiger partial charge in [-0.25, -0.2) is 0 Å². The molecule has 0 heteroatoms. The minimum absolute atomic E-state index is 0.439. The van der Waals surface area contributed by atoms with Crippen LogP contribution < -0.4 is 0 Å². The lowest BCUT2D eigenvalue weighted by Gasteiger charge is -2.25. The summed E-state index contributed by atoms with van der Waals surface area (Å²) in [4.78, 5) is 0. The lowest BCUT2D eigenvalue weighted by atomic mass is 9.79. The van der Waals surface area contributed by atoms with Crippen LogP contribution in [0.2, 0.25) is 0 Å². The minimum atomic E-state index is 0.439. The van der Waals surface area contributed by atoms with Gasteiger partial charge in [0.2, 0.25) is 0 Å². The summed E-state index contributed by atoms with van der Waals surface area (Å²) < 4.78 is 0. The maximum absolute atomic E-state index is 2.39. The Labute approximate surface area is 87.3 Å². The van der Waals surface area contributed by atoms with Gasteiger partial charge in [-0.15, -0.1) is 0 Å². The van der Waals surface area contributed by atoms with Crippen molar-refractivity contribution in [3.63, 3.8) is 0 Å². The van der Waals surface area contributed by atoms with E-state index in [1.807, 2.05) is 0 Å². The molecule has 2 rings (SSSR count). The third-order valence-corrected chi connectivity index (χ3v) is 4.08. The summed E-state index contributed by atoms with van der Waals surface area (Å²) in [6.45, 7) is 9.48. The molecule has 0 bridgehead atoms. The van der Waals surface area contributed by atoms with Crippen LogP contribution in [0, 0.1) is 11.3 Å². The Morgan fingerprint density at radius 2 is 1.57 bits per heavy atom. The zero-order chi connectivity index (χ0) is 10.4. The van der Waals surface area contributed by atoms with E-state index in [2.05, 4.69) is 58.0 Å². The number of hydrogen-bond acceptors (Lipinski definition) is 0. The molecule has 1 fully saturated rings. The molecule has 1 aromatic rings. The fourth-order valence-corrected chi connectivity index (χ4v) is 3.20. The van der Waals surface area contributed by atoms with Gasteiger partial charge >= 0.3 is 0 Å². The molecular weight excluding hydrogens is 168 g/mol. The van der Waals surface area contributed by atoms with Crippen LogP contribution in [-0.4, -0.2) is 0 Å². The van der Waals surface area contributed by atoms with Crippen LogP contribution in [0.5, 0.6) is 0 Å². The summed E-state index contributed by atoms with van der Waals surface area (Å²) in [5.41, 5.74) is 2.46. The van der Waals surface area contributed by atoms with Gasteiger partial charge in [-0.05, 0) is 23.3 Å². The largest absolute Gasteiger partial charge is 0.0622 e. The highest BCUT2D eigenvalue weighted by atomic mass is 14.7. The van der Waals surface area contributed by atoms with Gasteiger partial charge in [0.25, 0.3) is 0 Å². The highest BCUT2D eigenvalue weighted by Crippen LogP contribution is 2.67. The zero-order valence-corrected chi connectivity index (χ0v) is 9.67. The molecule has 0 heterocycles. The molecule has 0 saturated heterocycles. The van der Waals surface area contributed by atoms with E-state index in [9.17, 15) is 0 Å². The summed E-state index contributed by atoms with van der Waals surface area (Å²) in [6.07, 6.45) is 1.34. The lowest BCUT2D eigenvalue weighted by molar-refractivity contribution is 0.384. The van der Waals surface area contributed by atoms with Gasteiger partial charge in [-0.3, -0.25) is 0 Å². The summed E-state index contributed by atoms with van der Waals surface area (Å²) in [5.74, 6) is 0.736. The van der Waals surface area contributed by atoms with Gasteiger partial charge in [-0.1, -0.05) is 58.0 Å². The Morgan fingerprint density at radius 3 is 1.93 bits per heavy atom. The van der Waals surface area contributed by atoms with Crippen LogP contribution in [0.15, 0.2) is 30.3 Å². The molecule has 0 aliphatic heterocycles. The van der Waals surface area contributed by atoms with Crippen molar-refractivity contribution in [2.75, 3.05) is 0 Å². The molecule has 1 aliphatic carbocycles. The van der Waals surface area contributed by atoms with E-state index in [0.29, 0.717) is 10.8 Å². The number of hydrogen-bond donors (Lipinski definition) is 0. The summed E-state index contributed by atoms with van der Waals surface area (Å²) in [6, 6.07) is 11.0. The third kappa shape index (κ3) is 1.13. The monoisotopic (exact) mass is 188 g/mol. The van der Waals surface area contributed by atoms with Crippen LogP contribution in [0.3, 0.4) is 0 Å². The second kappa shape index (κ2) is 2.85. The predicted octanol–water partition coefficient (Wildman–Crippen LogP) is 4.01. The van der Waals surface area contributed by atoms with Gasteiger partial charge in [0.1, 0.15) is 0 Å². The van der Waals surface area contributed by atoms with E-state index in [0.717, 1.165) is 5.92 Å². The molecule has 1 atom stereocenters. The standard InChI is InChI=1S/C14H20/c1-11(2)14(10-13(14,3)4)12-8-6-5-7-9-12/h5-9,11H,10H2,1-4H3. The average Bonchev–Trinajstić information content (AvgIpc) is 2.72. The fourth-order valence-electron chi connectivity index (χ4n) is 3.20. The van der Waals surface area contributed by atoms with E-state index in [4.69, 9.17) is 0 Å². The molecule has 0 N–H and O–H groups in total. The normalized spacial score (nSPS) is 29.2. The average molecular weight is 188 g/mol. The topological polar surface area (TPSA) is 0 Å². The van der Waals surface area contributed by atoms with Crippen molar-refractivity contribution < 1.29 is 0 Å². The van der Waals surface area contributed by atoms with Crippen molar-refractivity contribution in [3.8, 4) is 0 Å². The molecule has 0 amide bonds. The van der Waals surface area contributed by atoms with Crippen LogP contribution in [0.25, 0.3) is 0 Å². The van der Waals surface area contributed by atoms with Crippen LogP contribution in [0.4, 0.5) is 0 Å². The molecule has 14 heavy (non-hydrogen) atoms. The molecule has 0 nitrogen and oxygen atoms in total. The Morgan fingerprint density at radius 1 is 1.07 bits per heavy atom.